The van der Waals surface area contributed by atoms with Gasteiger partial charge in [-0.3, -0.25) is 14.4 Å². The quantitative estimate of drug-likeness (QED) is 0.568. The van der Waals surface area contributed by atoms with Crippen LogP contribution in [0.15, 0.2) is 0 Å². The van der Waals surface area contributed by atoms with Gasteiger partial charge in [0.05, 0.1) is 0 Å². The number of carbonyl (C=O) groups is 3. The number of hydrogen-bond acceptors (Lipinski definition) is 3. The summed E-state index contributed by atoms with van der Waals surface area (Å²) in [7, 11) is 0. The molecule has 0 aromatic rings. The lowest BCUT2D eigenvalue weighted by molar-refractivity contribution is -0.129. The zero-order valence-corrected chi connectivity index (χ0v) is 16.2. The van der Waals surface area contributed by atoms with Crippen LogP contribution in [0.5, 0.6) is 0 Å². The monoisotopic (exact) mass is 348 g/mol. The highest BCUT2D eigenvalue weighted by molar-refractivity contribution is 5.83. The minimum Gasteiger partial charge on any atom is -0.299 e. The summed E-state index contributed by atoms with van der Waals surface area (Å²) in [5, 5.41) is 0. The van der Waals surface area contributed by atoms with E-state index in [-0.39, 0.29) is 17.8 Å². The summed E-state index contributed by atoms with van der Waals surface area (Å²) in [5.41, 5.74) is 0. The summed E-state index contributed by atoms with van der Waals surface area (Å²) >= 11 is 0. The second-order valence-corrected chi connectivity index (χ2v) is 8.33. The molecule has 142 valence electrons. The van der Waals surface area contributed by atoms with Gasteiger partial charge in [-0.25, -0.2) is 0 Å². The first kappa shape index (κ1) is 20.3. The molecule has 0 radical (unpaired) electrons. The predicted molar refractivity (Wildman–Crippen MR) is 100 cm³/mol. The molecule has 0 N–H and O–H groups in total. The van der Waals surface area contributed by atoms with Gasteiger partial charge in [0, 0.05) is 37.0 Å². The Kier molecular flexibility index (Phi) is 8.32. The summed E-state index contributed by atoms with van der Waals surface area (Å²) in [5.74, 6) is 2.38. The second kappa shape index (κ2) is 10.2. The first-order valence-corrected chi connectivity index (χ1v) is 10.6. The van der Waals surface area contributed by atoms with Gasteiger partial charge in [0.2, 0.25) is 0 Å². The molecule has 0 bridgehead atoms. The molecule has 0 atom stereocenters. The Morgan fingerprint density at radius 3 is 1.68 bits per heavy atom. The van der Waals surface area contributed by atoms with Crippen molar-refractivity contribution in [2.75, 3.05) is 0 Å². The standard InChI is InChI=1S/C22H36O3/c1-3-5-6-21(24)18-11-13-19(14-12-18)22(25)15-16-7-9-17(10-8-16)20(23)4-2/h16-19H,3-15H2,1-2H3. The number of rotatable bonds is 9. The predicted octanol–water partition coefficient (Wildman–Crippen LogP) is 5.30. The molecule has 0 aromatic heterocycles. The smallest absolute Gasteiger partial charge is 0.136 e. The highest BCUT2D eigenvalue weighted by Gasteiger charge is 2.32. The molecule has 0 heterocycles. The maximum atomic E-state index is 12.6. The highest BCUT2D eigenvalue weighted by atomic mass is 16.1. The Morgan fingerprint density at radius 1 is 0.680 bits per heavy atom. The van der Waals surface area contributed by atoms with Gasteiger partial charge in [-0.15, -0.1) is 0 Å². The Bertz CT molecular complexity index is 452. The summed E-state index contributed by atoms with van der Waals surface area (Å²) < 4.78 is 0. The average Bonchev–Trinajstić information content (AvgIpc) is 2.66. The maximum Gasteiger partial charge on any atom is 0.136 e. The molecule has 0 amide bonds. The first-order valence-electron chi connectivity index (χ1n) is 10.6. The molecule has 0 saturated heterocycles. The van der Waals surface area contributed by atoms with Gasteiger partial charge in [0.1, 0.15) is 17.3 Å². The van der Waals surface area contributed by atoms with Gasteiger partial charge < -0.3 is 0 Å². The Hall–Kier alpha value is -0.990. The van der Waals surface area contributed by atoms with E-state index < -0.39 is 0 Å². The van der Waals surface area contributed by atoms with Crippen LogP contribution in [0.3, 0.4) is 0 Å². The number of ketones is 3. The van der Waals surface area contributed by atoms with Crippen LogP contribution in [0, 0.1) is 23.7 Å². The van der Waals surface area contributed by atoms with Crippen molar-refractivity contribution in [3.05, 3.63) is 0 Å². The molecule has 2 saturated carbocycles. The van der Waals surface area contributed by atoms with Crippen molar-refractivity contribution in [2.45, 2.75) is 97.3 Å². The zero-order valence-electron chi connectivity index (χ0n) is 16.2. The summed E-state index contributed by atoms with van der Waals surface area (Å²) in [6.07, 6.45) is 11.8. The van der Waals surface area contributed by atoms with Crippen LogP contribution in [0.4, 0.5) is 0 Å². The van der Waals surface area contributed by atoms with Crippen molar-refractivity contribution >= 4 is 17.3 Å². The fraction of sp³-hybridized carbons (Fsp3) is 0.864. The van der Waals surface area contributed by atoms with Gasteiger partial charge in [-0.1, -0.05) is 20.3 Å². The Labute approximate surface area is 153 Å². The van der Waals surface area contributed by atoms with Crippen LogP contribution < -0.4 is 0 Å². The topological polar surface area (TPSA) is 51.2 Å². The van der Waals surface area contributed by atoms with Gasteiger partial charge in [-0.05, 0) is 63.7 Å². The lowest BCUT2D eigenvalue weighted by Crippen LogP contribution is -2.28. The van der Waals surface area contributed by atoms with Crippen LogP contribution in [-0.4, -0.2) is 17.3 Å². The third-order valence-electron chi connectivity index (χ3n) is 6.56. The minimum atomic E-state index is 0.185. The van der Waals surface area contributed by atoms with Crippen molar-refractivity contribution in [1.29, 1.82) is 0 Å². The average molecular weight is 349 g/mol. The van der Waals surface area contributed by atoms with Gasteiger partial charge >= 0.3 is 0 Å². The van der Waals surface area contributed by atoms with E-state index in [9.17, 15) is 14.4 Å². The largest absolute Gasteiger partial charge is 0.299 e. The Balaban J connectivity index is 1.69. The molecule has 25 heavy (non-hydrogen) atoms. The van der Waals surface area contributed by atoms with Crippen LogP contribution in [0.2, 0.25) is 0 Å². The van der Waals surface area contributed by atoms with E-state index in [1.165, 1.54) is 0 Å². The summed E-state index contributed by atoms with van der Waals surface area (Å²) in [4.78, 5) is 36.6. The van der Waals surface area contributed by atoms with Crippen LogP contribution >= 0.6 is 0 Å². The van der Waals surface area contributed by atoms with E-state index >= 15 is 0 Å². The van der Waals surface area contributed by atoms with Crippen molar-refractivity contribution in [3.63, 3.8) is 0 Å². The van der Waals surface area contributed by atoms with Crippen LogP contribution in [0.1, 0.15) is 97.3 Å². The second-order valence-electron chi connectivity index (χ2n) is 8.33. The summed E-state index contributed by atoms with van der Waals surface area (Å²) in [6.45, 7) is 4.07. The lowest BCUT2D eigenvalue weighted by Gasteiger charge is -2.30. The third kappa shape index (κ3) is 6.04. The van der Waals surface area contributed by atoms with Gasteiger partial charge in [0.15, 0.2) is 0 Å². The molecule has 2 rings (SSSR count). The normalized spacial score (nSPS) is 30.0. The number of unbranched alkanes of at least 4 members (excludes halogenated alkanes) is 1. The molecule has 2 fully saturated rings. The van der Waals surface area contributed by atoms with E-state index in [4.69, 9.17) is 0 Å². The number of carbonyl (C=O) groups excluding carboxylic acids is 3. The third-order valence-corrected chi connectivity index (χ3v) is 6.56. The van der Waals surface area contributed by atoms with Crippen molar-refractivity contribution in [1.82, 2.24) is 0 Å². The van der Waals surface area contributed by atoms with Crippen molar-refractivity contribution in [2.24, 2.45) is 23.7 Å². The maximum absolute atomic E-state index is 12.6. The molecule has 3 heteroatoms. The highest BCUT2D eigenvalue weighted by Crippen LogP contribution is 2.36. The SMILES string of the molecule is CCCCC(=O)C1CCC(C(=O)CC2CCC(C(=O)CC)CC2)CC1. The van der Waals surface area contributed by atoms with E-state index in [1.807, 2.05) is 6.92 Å². The number of Topliss-reactive ketones (excluding diaryl/α,β-unsaturated/α-hetero) is 3. The van der Waals surface area contributed by atoms with E-state index in [1.54, 1.807) is 0 Å². The molecule has 3 nitrogen and oxygen atoms in total. The molecule has 2 aliphatic rings. The fourth-order valence-electron chi connectivity index (χ4n) is 4.72. The van der Waals surface area contributed by atoms with Crippen LogP contribution in [-0.2, 0) is 14.4 Å². The Morgan fingerprint density at radius 2 is 1.16 bits per heavy atom. The van der Waals surface area contributed by atoms with Crippen molar-refractivity contribution < 1.29 is 14.4 Å². The first-order chi connectivity index (χ1) is 12.0. The van der Waals surface area contributed by atoms with Gasteiger partial charge in [0.25, 0.3) is 0 Å². The minimum absolute atomic E-state index is 0.185. The molecule has 0 aliphatic heterocycles. The van der Waals surface area contributed by atoms with E-state index in [0.717, 1.165) is 70.6 Å². The molecule has 2 aliphatic carbocycles. The lowest BCUT2D eigenvalue weighted by atomic mass is 9.73. The van der Waals surface area contributed by atoms with E-state index in [0.29, 0.717) is 36.1 Å². The molecular weight excluding hydrogens is 312 g/mol. The fourth-order valence-corrected chi connectivity index (χ4v) is 4.72. The number of hydrogen-bond donors (Lipinski definition) is 0. The summed E-state index contributed by atoms with van der Waals surface area (Å²) in [6, 6.07) is 0. The molecular formula is C22H36O3. The zero-order chi connectivity index (χ0) is 18.2. The van der Waals surface area contributed by atoms with Gasteiger partial charge in [-0.2, -0.15) is 0 Å². The van der Waals surface area contributed by atoms with E-state index in [2.05, 4.69) is 6.92 Å². The molecule has 0 spiro atoms. The molecule has 0 aromatic carbocycles. The molecule has 0 unspecified atom stereocenters. The van der Waals surface area contributed by atoms with Crippen molar-refractivity contribution in [3.8, 4) is 0 Å². The van der Waals surface area contributed by atoms with Crippen LogP contribution in [0.25, 0.3) is 0 Å².